The summed E-state index contributed by atoms with van der Waals surface area (Å²) in [7, 11) is -4.12. The molecule has 0 amide bonds. The predicted octanol–water partition coefficient (Wildman–Crippen LogP) is 1.77. The summed E-state index contributed by atoms with van der Waals surface area (Å²) < 4.78 is 64.4. The molecule has 1 aliphatic heterocycles. The topological polar surface area (TPSA) is 178 Å². The number of aromatic nitrogens is 2. The fourth-order valence-electron chi connectivity index (χ4n) is 3.79. The number of nitrogens with zero attached hydrogens (tertiary/aromatic N) is 2. The third kappa shape index (κ3) is 6.56. The van der Waals surface area contributed by atoms with Gasteiger partial charge in [-0.3, -0.25) is 13.9 Å². The summed E-state index contributed by atoms with van der Waals surface area (Å²) in [5.74, 6) is -3.13. The van der Waals surface area contributed by atoms with Gasteiger partial charge in [0.25, 0.3) is 0 Å². The van der Waals surface area contributed by atoms with Crippen LogP contribution in [0.3, 0.4) is 0 Å². The summed E-state index contributed by atoms with van der Waals surface area (Å²) >= 11 is 0. The van der Waals surface area contributed by atoms with Gasteiger partial charge in [0.05, 0.1) is 31.0 Å². The van der Waals surface area contributed by atoms with E-state index >= 15 is 0 Å². The quantitative estimate of drug-likeness (QED) is 0.269. The van der Waals surface area contributed by atoms with E-state index in [9.17, 15) is 28.0 Å². The minimum absolute atomic E-state index is 0.179. The van der Waals surface area contributed by atoms with Crippen molar-refractivity contribution in [2.24, 2.45) is 11.7 Å². The van der Waals surface area contributed by atoms with Gasteiger partial charge in [-0.15, -0.1) is 0 Å². The SMILES string of the molecule is CC(C)OC(=O)[C@H](C)C[P@@](=O)(OC[C@H]1O[C@@H](n2cc(F)c(N)nc2=O)C(N)(CF)[C@H]1O)Oc1ccccc1. The van der Waals surface area contributed by atoms with E-state index in [-0.39, 0.29) is 5.75 Å². The van der Waals surface area contributed by atoms with E-state index in [0.717, 1.165) is 0 Å². The van der Waals surface area contributed by atoms with E-state index in [4.69, 9.17) is 30.0 Å². The van der Waals surface area contributed by atoms with Crippen LogP contribution in [0.2, 0.25) is 0 Å². The van der Waals surface area contributed by atoms with E-state index in [1.54, 1.807) is 32.0 Å². The van der Waals surface area contributed by atoms with Gasteiger partial charge < -0.3 is 30.6 Å². The maximum absolute atomic E-state index is 14.1. The summed E-state index contributed by atoms with van der Waals surface area (Å²) in [6.07, 6.45) is -5.11. The first kappa shape index (κ1) is 29.7. The van der Waals surface area contributed by atoms with Crippen molar-refractivity contribution in [3.63, 3.8) is 0 Å². The Labute approximate surface area is 217 Å². The van der Waals surface area contributed by atoms with Crippen LogP contribution >= 0.6 is 7.60 Å². The standard InChI is InChI=1S/C23H31F2N4O8P/c1-13(2)35-20(31)14(3)11-38(33,37-15-7-5-4-6-8-15)34-10-17-18(30)23(27,12-24)21(36-17)29-9-16(25)19(26)28-22(29)32/h4-9,13-14,17-18,21,30H,10-12,27H2,1-3H3,(H2,26,28,32)/t14-,17-,18+,21-,23?,38-/m1/s1. The van der Waals surface area contributed by atoms with Gasteiger partial charge in [-0.1, -0.05) is 25.1 Å². The van der Waals surface area contributed by atoms with Crippen LogP contribution in [0, 0.1) is 11.7 Å². The summed E-state index contributed by atoms with van der Waals surface area (Å²) in [6, 6.07) is 8.01. The molecule has 0 spiro atoms. The molecule has 0 radical (unpaired) electrons. The number of carbonyl (C=O) groups excluding carboxylic acids is 1. The number of halogens is 2. The molecule has 0 bridgehead atoms. The Kier molecular flexibility index (Phi) is 9.26. The van der Waals surface area contributed by atoms with E-state index in [1.807, 2.05) is 0 Å². The lowest BCUT2D eigenvalue weighted by atomic mass is 9.92. The van der Waals surface area contributed by atoms with Crippen LogP contribution < -0.4 is 21.7 Å². The van der Waals surface area contributed by atoms with Crippen LogP contribution in [-0.4, -0.2) is 63.9 Å². The number of benzene rings is 1. The minimum Gasteiger partial charge on any atom is -0.463 e. The van der Waals surface area contributed by atoms with Crippen LogP contribution in [-0.2, 0) is 23.4 Å². The molecule has 5 N–H and O–H groups in total. The lowest BCUT2D eigenvalue weighted by Gasteiger charge is -2.30. The van der Waals surface area contributed by atoms with E-state index in [0.29, 0.717) is 10.8 Å². The van der Waals surface area contributed by atoms with E-state index in [2.05, 4.69) is 4.98 Å². The van der Waals surface area contributed by atoms with Gasteiger partial charge in [0.1, 0.15) is 30.2 Å². The Morgan fingerprint density at radius 1 is 1.32 bits per heavy atom. The summed E-state index contributed by atoms with van der Waals surface area (Å²) in [6.45, 7) is 2.77. The van der Waals surface area contributed by atoms with Crippen LogP contribution in [0.15, 0.2) is 41.3 Å². The molecule has 1 aliphatic rings. The lowest BCUT2D eigenvalue weighted by molar-refractivity contribution is -0.151. The number of carbonyl (C=O) groups is 1. The number of para-hydroxylation sites is 1. The molecule has 2 aromatic rings. The average molecular weight is 560 g/mol. The van der Waals surface area contributed by atoms with Gasteiger partial charge in [0.15, 0.2) is 17.9 Å². The molecule has 210 valence electrons. The molecule has 6 atom stereocenters. The molecule has 0 aliphatic carbocycles. The fraction of sp³-hybridized carbons (Fsp3) is 0.522. The predicted molar refractivity (Wildman–Crippen MR) is 132 cm³/mol. The van der Waals surface area contributed by atoms with E-state index in [1.165, 1.54) is 19.1 Å². The van der Waals surface area contributed by atoms with Crippen molar-refractivity contribution in [1.29, 1.82) is 0 Å². The highest BCUT2D eigenvalue weighted by Crippen LogP contribution is 2.51. The number of aliphatic hydroxyl groups is 1. The van der Waals surface area contributed by atoms with Crippen molar-refractivity contribution < 1.29 is 41.8 Å². The number of ether oxygens (including phenoxy) is 2. The molecule has 1 aromatic heterocycles. The highest BCUT2D eigenvalue weighted by Gasteiger charge is 2.56. The van der Waals surface area contributed by atoms with Gasteiger partial charge in [-0.25, -0.2) is 18.1 Å². The maximum atomic E-state index is 14.1. The Morgan fingerprint density at radius 2 is 1.97 bits per heavy atom. The molecule has 1 aromatic carbocycles. The zero-order chi connectivity index (χ0) is 28.3. The third-order valence-corrected chi connectivity index (χ3v) is 7.79. The Morgan fingerprint density at radius 3 is 2.58 bits per heavy atom. The first-order valence-corrected chi connectivity index (χ1v) is 13.4. The van der Waals surface area contributed by atoms with Crippen LogP contribution in [0.5, 0.6) is 5.75 Å². The number of aliphatic hydroxyl groups excluding tert-OH is 1. The number of nitrogen functional groups attached to an aromatic ring is 1. The van der Waals surface area contributed by atoms with E-state index < -0.39 is 86.3 Å². The second-order valence-corrected chi connectivity index (χ2v) is 11.3. The summed E-state index contributed by atoms with van der Waals surface area (Å²) in [5, 5.41) is 10.8. The summed E-state index contributed by atoms with van der Waals surface area (Å²) in [4.78, 5) is 28.0. The Hall–Kier alpha value is -2.90. The number of hydrogen-bond acceptors (Lipinski definition) is 11. The van der Waals surface area contributed by atoms with Gasteiger partial charge in [-0.05, 0) is 26.0 Å². The first-order chi connectivity index (χ1) is 17.8. The van der Waals surface area contributed by atoms with Crippen molar-refractivity contribution in [3.8, 4) is 5.75 Å². The molecule has 38 heavy (non-hydrogen) atoms. The van der Waals surface area contributed by atoms with Crippen LogP contribution in [0.4, 0.5) is 14.6 Å². The van der Waals surface area contributed by atoms with Gasteiger partial charge in [0.2, 0.25) is 0 Å². The molecule has 1 fully saturated rings. The molecule has 2 heterocycles. The molecule has 15 heteroatoms. The normalized spacial score (nSPS) is 25.6. The second-order valence-electron chi connectivity index (χ2n) is 9.26. The number of rotatable bonds is 11. The average Bonchev–Trinajstić information content (AvgIpc) is 3.10. The number of alkyl halides is 1. The molecule has 3 rings (SSSR count). The monoisotopic (exact) mass is 560 g/mol. The maximum Gasteiger partial charge on any atom is 0.380 e. The third-order valence-electron chi connectivity index (χ3n) is 5.76. The van der Waals surface area contributed by atoms with Crippen molar-refractivity contribution in [2.45, 2.75) is 50.8 Å². The van der Waals surface area contributed by atoms with Gasteiger partial charge >= 0.3 is 19.3 Å². The molecule has 1 saturated heterocycles. The molecule has 0 saturated carbocycles. The van der Waals surface area contributed by atoms with Crippen molar-refractivity contribution in [3.05, 3.63) is 52.8 Å². The second kappa shape index (κ2) is 11.9. The number of hydrogen-bond donors (Lipinski definition) is 3. The number of nitrogens with two attached hydrogens (primary N) is 2. The fourth-order valence-corrected chi connectivity index (χ4v) is 5.66. The van der Waals surface area contributed by atoms with Crippen LogP contribution in [0.25, 0.3) is 0 Å². The highest BCUT2D eigenvalue weighted by atomic mass is 31.2. The minimum atomic E-state index is -4.12. The molecular formula is C23H31F2N4O8P. The van der Waals surface area contributed by atoms with Crippen LogP contribution in [0.1, 0.15) is 27.0 Å². The molecular weight excluding hydrogens is 529 g/mol. The first-order valence-electron chi connectivity index (χ1n) is 11.7. The van der Waals surface area contributed by atoms with Gasteiger partial charge in [0, 0.05) is 0 Å². The Balaban J connectivity index is 1.84. The zero-order valence-corrected chi connectivity index (χ0v) is 21.9. The number of esters is 1. The Bertz CT molecular complexity index is 1230. The highest BCUT2D eigenvalue weighted by molar-refractivity contribution is 7.54. The lowest BCUT2D eigenvalue weighted by Crippen LogP contribution is -2.57. The largest absolute Gasteiger partial charge is 0.463 e. The smallest absolute Gasteiger partial charge is 0.380 e. The summed E-state index contributed by atoms with van der Waals surface area (Å²) in [5.41, 5.74) is 8.03. The van der Waals surface area contributed by atoms with Crippen molar-refractivity contribution in [2.75, 3.05) is 25.2 Å². The van der Waals surface area contributed by atoms with Crippen molar-refractivity contribution >= 4 is 19.4 Å². The van der Waals surface area contributed by atoms with Crippen molar-refractivity contribution in [1.82, 2.24) is 9.55 Å². The van der Waals surface area contributed by atoms with Gasteiger partial charge in [-0.2, -0.15) is 4.98 Å². The molecule has 12 nitrogen and oxygen atoms in total. The number of anilines is 1. The molecule has 1 unspecified atom stereocenters. The zero-order valence-electron chi connectivity index (χ0n) is 21.0.